The van der Waals surface area contributed by atoms with Crippen LogP contribution < -0.4 is 25.8 Å². The summed E-state index contributed by atoms with van der Waals surface area (Å²) in [6, 6.07) is 4.76. The van der Waals surface area contributed by atoms with Gasteiger partial charge in [0.05, 0.1) is 20.6 Å². The highest BCUT2D eigenvalue weighted by molar-refractivity contribution is 5.98. The van der Waals surface area contributed by atoms with E-state index in [1.807, 2.05) is 13.8 Å². The zero-order valence-electron chi connectivity index (χ0n) is 19.8. The van der Waals surface area contributed by atoms with Crippen molar-refractivity contribution in [3.63, 3.8) is 0 Å². The second kappa shape index (κ2) is 12.3. The van der Waals surface area contributed by atoms with Gasteiger partial charge in [0.15, 0.2) is 17.5 Å². The Balaban J connectivity index is 1.99. The highest BCUT2D eigenvalue weighted by atomic mass is 16.5. The van der Waals surface area contributed by atoms with Crippen LogP contribution in [-0.2, 0) is 16.0 Å². The number of piperidine rings is 1. The number of rotatable bonds is 9. The van der Waals surface area contributed by atoms with Gasteiger partial charge in [0.2, 0.25) is 11.8 Å². The van der Waals surface area contributed by atoms with E-state index in [0.29, 0.717) is 17.9 Å². The number of benzene rings is 1. The summed E-state index contributed by atoms with van der Waals surface area (Å²) in [4.78, 5) is 31.9. The van der Waals surface area contributed by atoms with Gasteiger partial charge in [-0.3, -0.25) is 14.9 Å². The monoisotopic (exact) mass is 447 g/mol. The fourth-order valence-corrected chi connectivity index (χ4v) is 3.68. The van der Waals surface area contributed by atoms with Crippen LogP contribution in [0.4, 0.5) is 0 Å². The van der Waals surface area contributed by atoms with Crippen LogP contribution in [0.5, 0.6) is 11.5 Å². The van der Waals surface area contributed by atoms with E-state index in [1.54, 1.807) is 25.3 Å². The fourth-order valence-electron chi connectivity index (χ4n) is 3.68. The molecule has 1 aliphatic heterocycles. The molecule has 0 spiro atoms. The van der Waals surface area contributed by atoms with Crippen molar-refractivity contribution in [1.82, 2.24) is 15.5 Å². The summed E-state index contributed by atoms with van der Waals surface area (Å²) in [5.41, 5.74) is 6.72. The Labute approximate surface area is 190 Å². The van der Waals surface area contributed by atoms with Crippen LogP contribution >= 0.6 is 0 Å². The van der Waals surface area contributed by atoms with Crippen molar-refractivity contribution < 1.29 is 19.1 Å². The van der Waals surface area contributed by atoms with Gasteiger partial charge in [0, 0.05) is 6.04 Å². The molecule has 9 nitrogen and oxygen atoms in total. The SMILES string of the molecule is COc1ccc(CC(=O)NC(N)=N[C@H](CC(C)C)C(=O)NC2CCN(C)CC2)cc1OC. The number of carbonyl (C=O) groups is 2. The van der Waals surface area contributed by atoms with E-state index >= 15 is 0 Å². The molecule has 1 heterocycles. The van der Waals surface area contributed by atoms with Crippen molar-refractivity contribution in [3.8, 4) is 11.5 Å². The Morgan fingerprint density at radius 2 is 1.84 bits per heavy atom. The van der Waals surface area contributed by atoms with Gasteiger partial charge in [-0.2, -0.15) is 0 Å². The van der Waals surface area contributed by atoms with Crippen molar-refractivity contribution in [2.45, 2.75) is 51.6 Å². The van der Waals surface area contributed by atoms with Crippen molar-refractivity contribution in [2.24, 2.45) is 16.6 Å². The lowest BCUT2D eigenvalue weighted by Gasteiger charge is -2.30. The topological polar surface area (TPSA) is 118 Å². The van der Waals surface area contributed by atoms with Crippen molar-refractivity contribution in [1.29, 1.82) is 0 Å². The van der Waals surface area contributed by atoms with Gasteiger partial charge in [0.1, 0.15) is 6.04 Å². The van der Waals surface area contributed by atoms with E-state index in [-0.39, 0.29) is 36.2 Å². The van der Waals surface area contributed by atoms with Crippen LogP contribution in [-0.4, -0.2) is 69.1 Å². The second-order valence-electron chi connectivity index (χ2n) is 8.66. The van der Waals surface area contributed by atoms with Gasteiger partial charge in [-0.1, -0.05) is 19.9 Å². The number of likely N-dealkylation sites (tertiary alicyclic amines) is 1. The van der Waals surface area contributed by atoms with Crippen molar-refractivity contribution >= 4 is 17.8 Å². The zero-order valence-corrected chi connectivity index (χ0v) is 19.8. The molecule has 1 aliphatic rings. The molecule has 178 valence electrons. The number of carbonyl (C=O) groups excluding carboxylic acids is 2. The molecule has 4 N–H and O–H groups in total. The molecule has 0 aliphatic carbocycles. The predicted octanol–water partition coefficient (Wildman–Crippen LogP) is 1.30. The standard InChI is InChI=1S/C23H37N5O4/c1-15(2)12-18(22(30)25-17-8-10-28(3)11-9-17)26-23(24)27-21(29)14-16-6-7-19(31-4)20(13-16)32-5/h6-7,13,15,17-18H,8-12,14H2,1-5H3,(H,25,30)(H3,24,26,27,29)/t18-/m1/s1. The van der Waals surface area contributed by atoms with Gasteiger partial charge >= 0.3 is 0 Å². The van der Waals surface area contributed by atoms with E-state index in [9.17, 15) is 9.59 Å². The Morgan fingerprint density at radius 3 is 2.44 bits per heavy atom. The quantitative estimate of drug-likeness (QED) is 0.388. The first-order chi connectivity index (χ1) is 15.2. The molecule has 1 aromatic carbocycles. The Bertz CT molecular complexity index is 804. The lowest BCUT2D eigenvalue weighted by atomic mass is 10.0. The van der Waals surface area contributed by atoms with Gasteiger partial charge in [0.25, 0.3) is 0 Å². The number of aliphatic imine (C=N–C) groups is 1. The number of amides is 2. The summed E-state index contributed by atoms with van der Waals surface area (Å²) in [5.74, 6) is 0.858. The van der Waals surface area contributed by atoms with Crippen LogP contribution in [0.1, 0.15) is 38.7 Å². The minimum absolute atomic E-state index is 0.0559. The normalized spacial score (nSPS) is 16.5. The van der Waals surface area contributed by atoms with Crippen molar-refractivity contribution in [2.75, 3.05) is 34.4 Å². The van der Waals surface area contributed by atoms with Crippen LogP contribution in [0.15, 0.2) is 23.2 Å². The van der Waals surface area contributed by atoms with E-state index < -0.39 is 6.04 Å². The average molecular weight is 448 g/mol. The molecule has 2 rings (SSSR count). The fraction of sp³-hybridized carbons (Fsp3) is 0.609. The molecule has 2 amide bonds. The smallest absolute Gasteiger partial charge is 0.245 e. The Hall–Kier alpha value is -2.81. The van der Waals surface area contributed by atoms with Gasteiger partial charge in [-0.15, -0.1) is 0 Å². The summed E-state index contributed by atoms with van der Waals surface area (Å²) in [6.45, 7) is 5.96. The summed E-state index contributed by atoms with van der Waals surface area (Å²) in [5, 5.41) is 5.69. The molecule has 1 aromatic rings. The number of ether oxygens (including phenoxy) is 2. The largest absolute Gasteiger partial charge is 0.493 e. The first-order valence-electron chi connectivity index (χ1n) is 11.0. The molecule has 1 saturated heterocycles. The van der Waals surface area contributed by atoms with E-state index in [2.05, 4.69) is 27.6 Å². The minimum Gasteiger partial charge on any atom is -0.493 e. The number of nitrogens with zero attached hydrogens (tertiary/aromatic N) is 2. The molecule has 1 atom stereocenters. The maximum absolute atomic E-state index is 12.8. The van der Waals surface area contributed by atoms with Gasteiger partial charge in [-0.25, -0.2) is 4.99 Å². The first kappa shape index (κ1) is 25.5. The Kier molecular flexibility index (Phi) is 9.77. The summed E-state index contributed by atoms with van der Waals surface area (Å²) in [7, 11) is 5.17. The van der Waals surface area contributed by atoms with Crippen molar-refractivity contribution in [3.05, 3.63) is 23.8 Å². The number of nitrogens with one attached hydrogen (secondary N) is 2. The van der Waals surface area contributed by atoms with Gasteiger partial charge in [-0.05, 0) is 63.0 Å². The molecule has 0 aromatic heterocycles. The lowest BCUT2D eigenvalue weighted by molar-refractivity contribution is -0.123. The van der Waals surface area contributed by atoms with Gasteiger partial charge < -0.3 is 25.4 Å². The lowest BCUT2D eigenvalue weighted by Crippen LogP contribution is -2.47. The van der Waals surface area contributed by atoms with Crippen LogP contribution in [0.2, 0.25) is 0 Å². The minimum atomic E-state index is -0.643. The van der Waals surface area contributed by atoms with Crippen LogP contribution in [0.3, 0.4) is 0 Å². The Morgan fingerprint density at radius 1 is 1.19 bits per heavy atom. The third-order valence-electron chi connectivity index (χ3n) is 5.44. The predicted molar refractivity (Wildman–Crippen MR) is 125 cm³/mol. The average Bonchev–Trinajstić information content (AvgIpc) is 2.74. The third kappa shape index (κ3) is 8.03. The third-order valence-corrected chi connectivity index (χ3v) is 5.44. The zero-order chi connectivity index (χ0) is 23.7. The number of hydrogen-bond donors (Lipinski definition) is 3. The molecule has 32 heavy (non-hydrogen) atoms. The molecule has 0 radical (unpaired) electrons. The highest BCUT2D eigenvalue weighted by Crippen LogP contribution is 2.27. The molecule has 0 bridgehead atoms. The molecule has 0 saturated carbocycles. The molecular weight excluding hydrogens is 410 g/mol. The number of hydrogen-bond acceptors (Lipinski definition) is 6. The molecule has 0 unspecified atom stereocenters. The number of nitrogens with two attached hydrogens (primary N) is 1. The van der Waals surface area contributed by atoms with Crippen LogP contribution in [0.25, 0.3) is 0 Å². The first-order valence-corrected chi connectivity index (χ1v) is 11.0. The number of guanidine groups is 1. The second-order valence-corrected chi connectivity index (χ2v) is 8.66. The van der Waals surface area contributed by atoms with E-state index in [4.69, 9.17) is 15.2 Å². The number of methoxy groups -OCH3 is 2. The summed E-state index contributed by atoms with van der Waals surface area (Å²) in [6.07, 6.45) is 2.47. The maximum atomic E-state index is 12.8. The van der Waals surface area contributed by atoms with E-state index in [0.717, 1.165) is 31.5 Å². The summed E-state index contributed by atoms with van der Waals surface area (Å²) >= 11 is 0. The molecule has 1 fully saturated rings. The summed E-state index contributed by atoms with van der Waals surface area (Å²) < 4.78 is 10.5. The highest BCUT2D eigenvalue weighted by Gasteiger charge is 2.24. The molecular formula is C23H37N5O4. The molecule has 9 heteroatoms. The van der Waals surface area contributed by atoms with E-state index in [1.165, 1.54) is 7.11 Å². The maximum Gasteiger partial charge on any atom is 0.245 e. The van der Waals surface area contributed by atoms with Crippen LogP contribution in [0, 0.1) is 5.92 Å².